The minimum Gasteiger partial charge on any atom is -0.497 e. The predicted molar refractivity (Wildman–Crippen MR) is 73.0 cm³/mol. The van der Waals surface area contributed by atoms with Crippen LogP contribution in [0.25, 0.3) is 11.1 Å². The van der Waals surface area contributed by atoms with Crippen LogP contribution in [0, 0.1) is 11.9 Å². The minimum atomic E-state index is -0.307. The van der Waals surface area contributed by atoms with Gasteiger partial charge in [0.25, 0.3) is 0 Å². The highest BCUT2D eigenvalue weighted by Gasteiger charge is 2.11. The summed E-state index contributed by atoms with van der Waals surface area (Å²) in [6, 6.07) is 11.2. The second-order valence-corrected chi connectivity index (χ2v) is 4.14. The van der Waals surface area contributed by atoms with Gasteiger partial charge in [0.2, 0.25) is 0 Å². The molecule has 0 amide bonds. The van der Waals surface area contributed by atoms with Crippen molar-refractivity contribution >= 4 is 0 Å². The van der Waals surface area contributed by atoms with Gasteiger partial charge in [-0.05, 0) is 52.6 Å². The largest absolute Gasteiger partial charge is 0.497 e. The molecule has 0 atom stereocenters. The highest BCUT2D eigenvalue weighted by molar-refractivity contribution is 5.72. The molecule has 19 heavy (non-hydrogen) atoms. The van der Waals surface area contributed by atoms with Gasteiger partial charge in [-0.3, -0.25) is 0 Å². The molecule has 0 aliphatic carbocycles. The highest BCUT2D eigenvalue weighted by Crippen LogP contribution is 2.30. The third-order valence-electron chi connectivity index (χ3n) is 3.02. The van der Waals surface area contributed by atoms with Crippen LogP contribution in [-0.2, 0) is 13.1 Å². The summed E-state index contributed by atoms with van der Waals surface area (Å²) in [6.45, 7) is 0.649. The SMILES string of the molecule is COc1c[c]c(CN)c(-c2cc(F)ccc2CN)c1. The molecule has 0 saturated heterocycles. The molecular weight excluding hydrogens is 243 g/mol. The zero-order chi connectivity index (χ0) is 13.8. The van der Waals surface area contributed by atoms with Crippen LogP contribution in [0.3, 0.4) is 0 Å². The van der Waals surface area contributed by atoms with Crippen molar-refractivity contribution in [3.8, 4) is 16.9 Å². The fourth-order valence-corrected chi connectivity index (χ4v) is 2.01. The molecule has 2 aromatic carbocycles. The summed E-state index contributed by atoms with van der Waals surface area (Å²) in [5.74, 6) is 0.345. The molecule has 1 radical (unpaired) electrons. The van der Waals surface area contributed by atoms with Crippen LogP contribution in [0.2, 0.25) is 0 Å². The van der Waals surface area contributed by atoms with Gasteiger partial charge in [-0.1, -0.05) is 6.07 Å². The first kappa shape index (κ1) is 13.5. The van der Waals surface area contributed by atoms with E-state index < -0.39 is 0 Å². The molecule has 2 rings (SSSR count). The van der Waals surface area contributed by atoms with E-state index in [1.807, 2.05) is 6.07 Å². The summed E-state index contributed by atoms with van der Waals surface area (Å²) >= 11 is 0. The van der Waals surface area contributed by atoms with E-state index in [4.69, 9.17) is 16.2 Å². The smallest absolute Gasteiger partial charge is 0.123 e. The van der Waals surface area contributed by atoms with Crippen molar-refractivity contribution in [2.24, 2.45) is 11.5 Å². The van der Waals surface area contributed by atoms with Gasteiger partial charge in [-0.25, -0.2) is 4.39 Å². The minimum absolute atomic E-state index is 0.307. The topological polar surface area (TPSA) is 61.3 Å². The Balaban J connectivity index is 2.65. The van der Waals surface area contributed by atoms with Gasteiger partial charge in [-0.15, -0.1) is 0 Å². The molecule has 3 nitrogen and oxygen atoms in total. The molecular formula is C15H16FN2O. The molecule has 0 spiro atoms. The molecule has 0 fully saturated rings. The average molecular weight is 259 g/mol. The Morgan fingerprint density at radius 2 is 1.95 bits per heavy atom. The lowest BCUT2D eigenvalue weighted by atomic mass is 9.95. The molecule has 0 bridgehead atoms. The van der Waals surface area contributed by atoms with Gasteiger partial charge in [-0.2, -0.15) is 0 Å². The molecule has 0 unspecified atom stereocenters. The number of hydrogen-bond donors (Lipinski definition) is 2. The van der Waals surface area contributed by atoms with Gasteiger partial charge >= 0.3 is 0 Å². The molecule has 99 valence electrons. The molecule has 0 aliphatic heterocycles. The summed E-state index contributed by atoms with van der Waals surface area (Å²) in [5.41, 5.74) is 14.6. The number of halogens is 1. The highest BCUT2D eigenvalue weighted by atomic mass is 19.1. The maximum Gasteiger partial charge on any atom is 0.123 e. The number of nitrogens with two attached hydrogens (primary N) is 2. The lowest BCUT2D eigenvalue weighted by Gasteiger charge is -2.13. The van der Waals surface area contributed by atoms with Gasteiger partial charge in [0.1, 0.15) is 11.6 Å². The van der Waals surface area contributed by atoms with Crippen molar-refractivity contribution in [1.29, 1.82) is 0 Å². The molecule has 0 aromatic heterocycles. The van der Waals surface area contributed by atoms with Crippen molar-refractivity contribution in [2.45, 2.75) is 13.1 Å². The van der Waals surface area contributed by atoms with Gasteiger partial charge < -0.3 is 16.2 Å². The van der Waals surface area contributed by atoms with Gasteiger partial charge in [0.15, 0.2) is 0 Å². The normalized spacial score (nSPS) is 10.5. The van der Waals surface area contributed by atoms with Crippen LogP contribution < -0.4 is 16.2 Å². The fourth-order valence-electron chi connectivity index (χ4n) is 2.01. The van der Waals surface area contributed by atoms with Gasteiger partial charge in [0.05, 0.1) is 7.11 Å². The molecule has 0 saturated carbocycles. The summed E-state index contributed by atoms with van der Waals surface area (Å²) in [6.07, 6.45) is 0. The zero-order valence-electron chi connectivity index (χ0n) is 10.7. The molecule has 0 heterocycles. The van der Waals surface area contributed by atoms with Crippen LogP contribution in [0.1, 0.15) is 11.1 Å². The number of hydrogen-bond acceptors (Lipinski definition) is 3. The lowest BCUT2D eigenvalue weighted by molar-refractivity contribution is 0.414. The molecule has 4 heteroatoms. The Kier molecular flexibility index (Phi) is 4.14. The summed E-state index contributed by atoms with van der Waals surface area (Å²) in [4.78, 5) is 0. The Bertz CT molecular complexity index is 584. The van der Waals surface area contributed by atoms with Crippen molar-refractivity contribution in [2.75, 3.05) is 7.11 Å². The maximum absolute atomic E-state index is 13.5. The summed E-state index contributed by atoms with van der Waals surface area (Å²) in [7, 11) is 1.57. The first-order chi connectivity index (χ1) is 9.19. The Morgan fingerprint density at radius 1 is 1.16 bits per heavy atom. The first-order valence-electron chi connectivity index (χ1n) is 5.97. The van der Waals surface area contributed by atoms with Crippen LogP contribution in [-0.4, -0.2) is 7.11 Å². The van der Waals surface area contributed by atoms with Crippen molar-refractivity contribution in [3.63, 3.8) is 0 Å². The average Bonchev–Trinajstić information content (AvgIpc) is 2.46. The zero-order valence-corrected chi connectivity index (χ0v) is 10.7. The Labute approximate surface area is 112 Å². The fraction of sp³-hybridized carbons (Fsp3) is 0.200. The quantitative estimate of drug-likeness (QED) is 0.885. The Morgan fingerprint density at radius 3 is 2.58 bits per heavy atom. The van der Waals surface area contributed by atoms with E-state index in [1.165, 1.54) is 12.1 Å². The van der Waals surface area contributed by atoms with Crippen molar-refractivity contribution in [3.05, 3.63) is 53.3 Å². The summed E-state index contributed by atoms with van der Waals surface area (Å²) < 4.78 is 18.7. The van der Waals surface area contributed by atoms with E-state index in [0.717, 1.165) is 22.3 Å². The monoisotopic (exact) mass is 259 g/mol. The van der Waals surface area contributed by atoms with Crippen LogP contribution in [0.5, 0.6) is 5.75 Å². The Hall–Kier alpha value is -1.91. The molecule has 4 N–H and O–H groups in total. The number of benzene rings is 2. The van der Waals surface area contributed by atoms with E-state index in [2.05, 4.69) is 6.07 Å². The number of rotatable bonds is 4. The number of ether oxygens (including phenoxy) is 1. The number of methoxy groups -OCH3 is 1. The third kappa shape index (κ3) is 2.75. The molecule has 2 aromatic rings. The van der Waals surface area contributed by atoms with E-state index in [1.54, 1.807) is 19.2 Å². The predicted octanol–water partition coefficient (Wildman–Crippen LogP) is 2.22. The third-order valence-corrected chi connectivity index (χ3v) is 3.02. The standard InChI is InChI=1S/C15H16FN2O/c1-19-13-5-3-11(9-18)15(7-13)14-6-12(16)4-2-10(14)8-17/h2,4-7H,8-9,17-18H2,1H3. The van der Waals surface area contributed by atoms with Crippen LogP contribution >= 0.6 is 0 Å². The maximum atomic E-state index is 13.5. The molecule has 0 aliphatic rings. The summed E-state index contributed by atoms with van der Waals surface area (Å²) in [5, 5.41) is 0. The van der Waals surface area contributed by atoms with E-state index in [9.17, 15) is 4.39 Å². The van der Waals surface area contributed by atoms with E-state index in [-0.39, 0.29) is 5.82 Å². The van der Waals surface area contributed by atoms with Crippen molar-refractivity contribution in [1.82, 2.24) is 0 Å². The van der Waals surface area contributed by atoms with Crippen LogP contribution in [0.15, 0.2) is 30.3 Å². The van der Waals surface area contributed by atoms with E-state index >= 15 is 0 Å². The van der Waals surface area contributed by atoms with Gasteiger partial charge in [0, 0.05) is 13.1 Å². The lowest BCUT2D eigenvalue weighted by Crippen LogP contribution is -2.04. The second kappa shape index (κ2) is 5.82. The van der Waals surface area contributed by atoms with Crippen LogP contribution in [0.4, 0.5) is 4.39 Å². The second-order valence-electron chi connectivity index (χ2n) is 4.14. The van der Waals surface area contributed by atoms with E-state index in [0.29, 0.717) is 18.8 Å². The van der Waals surface area contributed by atoms with Crippen molar-refractivity contribution < 1.29 is 9.13 Å². The first-order valence-corrected chi connectivity index (χ1v) is 5.97.